The molecule has 3 aromatic rings. The third kappa shape index (κ3) is 6.30. The van der Waals surface area contributed by atoms with Gasteiger partial charge < -0.3 is 20.9 Å². The van der Waals surface area contributed by atoms with Crippen molar-refractivity contribution in [2.24, 2.45) is 0 Å². The summed E-state index contributed by atoms with van der Waals surface area (Å²) in [6.45, 7) is 4.22. The lowest BCUT2D eigenvalue weighted by atomic mass is 10.2. The van der Waals surface area contributed by atoms with Crippen molar-refractivity contribution < 1.29 is 19.4 Å². The Kier molecular flexibility index (Phi) is 7.87. The van der Waals surface area contributed by atoms with E-state index in [9.17, 15) is 9.59 Å². The Labute approximate surface area is 174 Å². The molecule has 0 spiro atoms. The molecule has 0 bridgehead atoms. The van der Waals surface area contributed by atoms with E-state index in [1.807, 2.05) is 37.3 Å². The Morgan fingerprint density at radius 2 is 1.63 bits per heavy atom. The maximum Gasteiger partial charge on any atom is 0.341 e. The highest BCUT2D eigenvalue weighted by molar-refractivity contribution is 5.94. The molecule has 0 amide bonds. The van der Waals surface area contributed by atoms with E-state index in [4.69, 9.17) is 10.8 Å². The molecule has 156 valence electrons. The van der Waals surface area contributed by atoms with Crippen LogP contribution in [0.4, 0.5) is 11.4 Å². The first-order chi connectivity index (χ1) is 14.3. The van der Waals surface area contributed by atoms with E-state index in [1.165, 1.54) is 19.5 Å². The van der Waals surface area contributed by atoms with Crippen molar-refractivity contribution in [1.29, 1.82) is 0 Å². The molecule has 8 heteroatoms. The number of benzene rings is 1. The predicted molar refractivity (Wildman–Crippen MR) is 114 cm³/mol. The fourth-order valence-electron chi connectivity index (χ4n) is 2.53. The molecule has 2 heterocycles. The number of carboxylic acid groups (broad SMARTS) is 1. The number of nitrogens with zero attached hydrogens (tertiary/aromatic N) is 2. The van der Waals surface area contributed by atoms with Crippen molar-refractivity contribution in [2.45, 2.75) is 20.4 Å². The number of hydrogen-bond acceptors (Lipinski definition) is 7. The molecule has 0 saturated carbocycles. The first kappa shape index (κ1) is 22.4. The zero-order chi connectivity index (χ0) is 22.1. The van der Waals surface area contributed by atoms with E-state index in [1.54, 1.807) is 19.1 Å². The van der Waals surface area contributed by atoms with Crippen LogP contribution >= 0.6 is 0 Å². The largest absolute Gasteiger partial charge is 0.478 e. The van der Waals surface area contributed by atoms with Gasteiger partial charge in [0.05, 0.1) is 12.8 Å². The van der Waals surface area contributed by atoms with Gasteiger partial charge in [0.15, 0.2) is 0 Å². The Morgan fingerprint density at radius 1 is 1.03 bits per heavy atom. The molecule has 1 aromatic carbocycles. The standard InChI is InChI=1S/C14H14N2O2.C8H10N2O2/c1-10-7-13(12(9-15-10)14(17)18)16-8-11-5-3-2-4-6-11;1-5-3-7(9)6(4-10-5)8(11)12-2/h2-7,9H,8H2,1H3,(H,15,16)(H,17,18);3-4H,1-2H3,(H2,9,10). The topological polar surface area (TPSA) is 127 Å². The Bertz CT molecular complexity index is 1020. The Morgan fingerprint density at radius 3 is 2.20 bits per heavy atom. The number of carbonyl (C=O) groups excluding carboxylic acids is 1. The summed E-state index contributed by atoms with van der Waals surface area (Å²) in [5, 5.41) is 12.2. The van der Waals surface area contributed by atoms with Gasteiger partial charge in [-0.2, -0.15) is 0 Å². The van der Waals surface area contributed by atoms with E-state index in [-0.39, 0.29) is 5.56 Å². The smallest absolute Gasteiger partial charge is 0.341 e. The van der Waals surface area contributed by atoms with Gasteiger partial charge in [-0.25, -0.2) is 9.59 Å². The van der Waals surface area contributed by atoms with Crippen molar-refractivity contribution in [1.82, 2.24) is 9.97 Å². The van der Waals surface area contributed by atoms with Crippen LogP contribution in [0.2, 0.25) is 0 Å². The van der Waals surface area contributed by atoms with Gasteiger partial charge in [-0.3, -0.25) is 9.97 Å². The highest BCUT2D eigenvalue weighted by Crippen LogP contribution is 2.17. The molecule has 3 rings (SSSR count). The molecule has 8 nitrogen and oxygen atoms in total. The average molecular weight is 408 g/mol. The number of carbonyl (C=O) groups is 2. The van der Waals surface area contributed by atoms with Gasteiger partial charge in [-0.15, -0.1) is 0 Å². The first-order valence-corrected chi connectivity index (χ1v) is 9.10. The normalized spacial score (nSPS) is 9.83. The number of nitrogen functional groups attached to an aromatic ring is 1. The number of nitrogens with one attached hydrogen (secondary N) is 1. The second-order valence-corrected chi connectivity index (χ2v) is 6.42. The molecule has 4 N–H and O–H groups in total. The van der Waals surface area contributed by atoms with Crippen LogP contribution in [0.3, 0.4) is 0 Å². The number of ether oxygens (including phenoxy) is 1. The minimum Gasteiger partial charge on any atom is -0.478 e. The molecule has 0 unspecified atom stereocenters. The lowest BCUT2D eigenvalue weighted by Crippen LogP contribution is -2.07. The summed E-state index contributed by atoms with van der Waals surface area (Å²) in [6, 6.07) is 13.2. The van der Waals surface area contributed by atoms with Gasteiger partial charge in [0.2, 0.25) is 0 Å². The van der Waals surface area contributed by atoms with Crippen molar-refractivity contribution in [3.8, 4) is 0 Å². The molecule has 0 radical (unpaired) electrons. The van der Waals surface area contributed by atoms with Crippen LogP contribution in [0.15, 0.2) is 54.9 Å². The number of aromatic carboxylic acids is 1. The summed E-state index contributed by atoms with van der Waals surface area (Å²) < 4.78 is 4.50. The summed E-state index contributed by atoms with van der Waals surface area (Å²) in [6.07, 6.45) is 2.79. The number of hydrogen-bond donors (Lipinski definition) is 3. The number of methoxy groups -OCH3 is 1. The van der Waals surface area contributed by atoms with Gasteiger partial charge in [0, 0.05) is 36.0 Å². The molecular formula is C22H24N4O4. The SMILES string of the molecule is COC(=O)c1cnc(C)cc1N.Cc1cc(NCc2ccccc2)c(C(=O)O)cn1. The first-order valence-electron chi connectivity index (χ1n) is 9.10. The zero-order valence-electron chi connectivity index (χ0n) is 17.0. The van der Waals surface area contributed by atoms with E-state index in [0.717, 1.165) is 17.0 Å². The summed E-state index contributed by atoms with van der Waals surface area (Å²) in [5.74, 6) is -1.43. The number of rotatable bonds is 5. The van der Waals surface area contributed by atoms with Crippen LogP contribution in [0.5, 0.6) is 0 Å². The number of nitrogens with two attached hydrogens (primary N) is 1. The monoisotopic (exact) mass is 408 g/mol. The number of pyridine rings is 2. The zero-order valence-corrected chi connectivity index (χ0v) is 17.0. The lowest BCUT2D eigenvalue weighted by molar-refractivity contribution is 0.0600. The highest BCUT2D eigenvalue weighted by atomic mass is 16.5. The number of anilines is 2. The van der Waals surface area contributed by atoms with Crippen LogP contribution in [-0.4, -0.2) is 34.1 Å². The van der Waals surface area contributed by atoms with Crippen LogP contribution in [0, 0.1) is 13.8 Å². The molecule has 0 aliphatic heterocycles. The van der Waals surface area contributed by atoms with Crippen molar-refractivity contribution in [3.63, 3.8) is 0 Å². The van der Waals surface area contributed by atoms with Gasteiger partial charge in [-0.05, 0) is 31.5 Å². The Balaban J connectivity index is 0.000000232. The second kappa shape index (κ2) is 10.6. The molecule has 2 aromatic heterocycles. The summed E-state index contributed by atoms with van der Waals surface area (Å²) >= 11 is 0. The van der Waals surface area contributed by atoms with Crippen molar-refractivity contribution >= 4 is 23.3 Å². The predicted octanol–water partition coefficient (Wildman–Crippen LogP) is 3.46. The molecular weight excluding hydrogens is 384 g/mol. The summed E-state index contributed by atoms with van der Waals surface area (Å²) in [4.78, 5) is 30.0. The van der Waals surface area contributed by atoms with E-state index < -0.39 is 11.9 Å². The molecule has 0 fully saturated rings. The number of esters is 1. The van der Waals surface area contributed by atoms with E-state index in [0.29, 0.717) is 23.5 Å². The minimum atomic E-state index is -0.974. The second-order valence-electron chi connectivity index (χ2n) is 6.42. The Hall–Kier alpha value is -3.94. The van der Waals surface area contributed by atoms with E-state index in [2.05, 4.69) is 20.0 Å². The number of aromatic nitrogens is 2. The van der Waals surface area contributed by atoms with Crippen LogP contribution in [0.25, 0.3) is 0 Å². The molecule has 0 aliphatic rings. The lowest BCUT2D eigenvalue weighted by Gasteiger charge is -2.10. The van der Waals surface area contributed by atoms with Gasteiger partial charge in [-0.1, -0.05) is 30.3 Å². The van der Waals surface area contributed by atoms with Crippen LogP contribution in [0.1, 0.15) is 37.7 Å². The van der Waals surface area contributed by atoms with Gasteiger partial charge in [0.25, 0.3) is 0 Å². The molecule has 30 heavy (non-hydrogen) atoms. The maximum absolute atomic E-state index is 11.1. The van der Waals surface area contributed by atoms with E-state index >= 15 is 0 Å². The summed E-state index contributed by atoms with van der Waals surface area (Å²) in [7, 11) is 1.31. The third-order valence-corrected chi connectivity index (χ3v) is 4.07. The third-order valence-electron chi connectivity index (χ3n) is 4.07. The molecule has 0 aliphatic carbocycles. The van der Waals surface area contributed by atoms with Crippen LogP contribution in [-0.2, 0) is 11.3 Å². The fourth-order valence-corrected chi connectivity index (χ4v) is 2.53. The average Bonchev–Trinajstić information content (AvgIpc) is 2.73. The molecule has 0 atom stereocenters. The van der Waals surface area contributed by atoms with Gasteiger partial charge >= 0.3 is 11.9 Å². The fraction of sp³-hybridized carbons (Fsp3) is 0.182. The van der Waals surface area contributed by atoms with Crippen molar-refractivity contribution in [2.75, 3.05) is 18.2 Å². The maximum atomic E-state index is 11.1. The van der Waals surface area contributed by atoms with Crippen LogP contribution < -0.4 is 11.1 Å². The van der Waals surface area contributed by atoms with Crippen molar-refractivity contribution in [3.05, 3.63) is 82.9 Å². The number of carboxylic acids is 1. The molecule has 0 saturated heterocycles. The quantitative estimate of drug-likeness (QED) is 0.548. The van der Waals surface area contributed by atoms with Gasteiger partial charge in [0.1, 0.15) is 11.1 Å². The highest BCUT2D eigenvalue weighted by Gasteiger charge is 2.11. The minimum absolute atomic E-state index is 0.191. The summed E-state index contributed by atoms with van der Waals surface area (Å²) in [5.41, 5.74) is 9.72. The number of aryl methyl sites for hydroxylation is 2.